The number of halogens is 3. The first kappa shape index (κ1) is 30.7. The standard InChI is InChI=1S/C36H39F3N4O3/c1-5-31(44)42-12-10-34(21-42)9-11-41(20-34)24(4)25-13-28-29(30(14-25)36(37,38)39)18-43(33(28)45)27-8-6-7-26(15-27)35(16-22(2)17-35)32-23(3)19-46-40-32/h5-8,13-15,19,22,24H,1,9-12,16-18,20-21H2,2-4H3/t22?,24-,34+,35?/m1/s1. The van der Waals surface area contributed by atoms with Crippen molar-refractivity contribution < 1.29 is 27.3 Å². The van der Waals surface area contributed by atoms with E-state index in [2.05, 4.69) is 23.6 Å². The fraction of sp³-hybridized carbons (Fsp3) is 0.472. The molecule has 3 aliphatic heterocycles. The van der Waals surface area contributed by atoms with Crippen LogP contribution in [-0.4, -0.2) is 52.9 Å². The molecule has 46 heavy (non-hydrogen) atoms. The van der Waals surface area contributed by atoms with Crippen LogP contribution in [0.25, 0.3) is 0 Å². The number of benzene rings is 2. The lowest BCUT2D eigenvalue weighted by molar-refractivity contribution is -0.138. The van der Waals surface area contributed by atoms with E-state index in [9.17, 15) is 22.8 Å². The second-order valence-electron chi connectivity index (χ2n) is 14.1. The molecular weight excluding hydrogens is 593 g/mol. The molecule has 1 aliphatic carbocycles. The molecule has 10 heteroatoms. The van der Waals surface area contributed by atoms with E-state index >= 15 is 0 Å². The Bertz CT molecular complexity index is 1730. The van der Waals surface area contributed by atoms with Crippen LogP contribution in [0.5, 0.6) is 0 Å². The number of carbonyl (C=O) groups excluding carboxylic acids is 2. The van der Waals surface area contributed by atoms with Crippen LogP contribution in [0.1, 0.15) is 89.4 Å². The number of fused-ring (bicyclic) bond motifs is 1. The molecule has 1 saturated carbocycles. The molecule has 3 fully saturated rings. The van der Waals surface area contributed by atoms with E-state index in [1.807, 2.05) is 32.0 Å². The van der Waals surface area contributed by atoms with Gasteiger partial charge < -0.3 is 14.3 Å². The zero-order valence-electron chi connectivity index (χ0n) is 26.5. The highest BCUT2D eigenvalue weighted by molar-refractivity contribution is 6.10. The summed E-state index contributed by atoms with van der Waals surface area (Å²) in [7, 11) is 0. The minimum atomic E-state index is -4.61. The van der Waals surface area contributed by atoms with Crippen LogP contribution < -0.4 is 4.90 Å². The average molecular weight is 633 g/mol. The van der Waals surface area contributed by atoms with Crippen LogP contribution in [0.3, 0.4) is 0 Å². The molecule has 2 saturated heterocycles. The van der Waals surface area contributed by atoms with Crippen molar-refractivity contribution in [2.24, 2.45) is 11.3 Å². The van der Waals surface area contributed by atoms with Crippen LogP contribution in [0, 0.1) is 18.3 Å². The maximum absolute atomic E-state index is 14.6. The van der Waals surface area contributed by atoms with Crippen molar-refractivity contribution in [1.29, 1.82) is 0 Å². The monoisotopic (exact) mass is 632 g/mol. The zero-order valence-corrected chi connectivity index (χ0v) is 26.5. The number of hydrogen-bond donors (Lipinski definition) is 0. The normalized spacial score (nSPS) is 26.9. The van der Waals surface area contributed by atoms with E-state index in [0.29, 0.717) is 43.3 Å². The van der Waals surface area contributed by atoms with Gasteiger partial charge in [0.05, 0.1) is 17.8 Å². The lowest BCUT2D eigenvalue weighted by atomic mass is 9.57. The Kier molecular flexibility index (Phi) is 7.23. The Hall–Kier alpha value is -3.92. The Morgan fingerprint density at radius 1 is 1.15 bits per heavy atom. The summed E-state index contributed by atoms with van der Waals surface area (Å²) in [6.07, 6.45) is 1.82. The Labute approximate surface area is 267 Å². The molecule has 0 radical (unpaired) electrons. The van der Waals surface area contributed by atoms with E-state index < -0.39 is 17.6 Å². The van der Waals surface area contributed by atoms with Crippen molar-refractivity contribution in [3.8, 4) is 0 Å². The molecule has 2 aromatic carbocycles. The van der Waals surface area contributed by atoms with Gasteiger partial charge in [0, 0.05) is 53.3 Å². The Morgan fingerprint density at radius 3 is 2.59 bits per heavy atom. The highest BCUT2D eigenvalue weighted by Crippen LogP contribution is 2.53. The van der Waals surface area contributed by atoms with Crippen LogP contribution in [0.15, 0.2) is 59.8 Å². The number of carbonyl (C=O) groups is 2. The number of aryl methyl sites for hydroxylation is 1. The largest absolute Gasteiger partial charge is 0.416 e. The molecule has 2 amide bonds. The van der Waals surface area contributed by atoms with E-state index in [4.69, 9.17) is 4.52 Å². The number of alkyl halides is 3. The zero-order chi connectivity index (χ0) is 32.6. The van der Waals surface area contributed by atoms with E-state index in [1.165, 1.54) is 17.0 Å². The maximum Gasteiger partial charge on any atom is 0.416 e. The van der Waals surface area contributed by atoms with Crippen molar-refractivity contribution in [3.05, 3.63) is 94.4 Å². The summed E-state index contributed by atoms with van der Waals surface area (Å²) in [6.45, 7) is 12.2. The second-order valence-corrected chi connectivity index (χ2v) is 14.1. The second kappa shape index (κ2) is 10.8. The average Bonchev–Trinajstić information content (AvgIpc) is 3.81. The molecule has 2 atom stereocenters. The lowest BCUT2D eigenvalue weighted by Crippen LogP contribution is -2.42. The first-order valence-electron chi connectivity index (χ1n) is 16.1. The highest BCUT2D eigenvalue weighted by Gasteiger charge is 2.49. The van der Waals surface area contributed by atoms with Crippen LogP contribution in [0.4, 0.5) is 18.9 Å². The lowest BCUT2D eigenvalue weighted by Gasteiger charge is -2.46. The number of likely N-dealkylation sites (tertiary alicyclic amines) is 2. The SMILES string of the molecule is C=CC(=O)N1CC[C@]2(CCN([C@H](C)c3cc4c(c(C(F)(F)F)c3)CN(c3cccc(C5(c6nocc6C)CC(C)C5)c3)C4=O)C2)C1. The van der Waals surface area contributed by atoms with Crippen LogP contribution in [-0.2, 0) is 22.9 Å². The minimum Gasteiger partial charge on any atom is -0.364 e. The van der Waals surface area contributed by atoms with Gasteiger partial charge in [-0.1, -0.05) is 30.8 Å². The maximum atomic E-state index is 14.6. The van der Waals surface area contributed by atoms with Gasteiger partial charge in [-0.2, -0.15) is 13.2 Å². The third-order valence-corrected chi connectivity index (χ3v) is 11.1. The fourth-order valence-corrected chi connectivity index (χ4v) is 8.65. The number of nitrogens with zero attached hydrogens (tertiary/aromatic N) is 4. The van der Waals surface area contributed by atoms with Gasteiger partial charge in [-0.05, 0) is 99.0 Å². The molecule has 0 unspecified atom stereocenters. The summed E-state index contributed by atoms with van der Waals surface area (Å²) in [5.74, 6) is -0.0244. The van der Waals surface area contributed by atoms with Gasteiger partial charge in [0.2, 0.25) is 5.91 Å². The molecule has 7 nitrogen and oxygen atoms in total. The first-order valence-corrected chi connectivity index (χ1v) is 16.1. The third kappa shape index (κ3) is 4.87. The van der Waals surface area contributed by atoms with Gasteiger partial charge in [0.15, 0.2) is 0 Å². The number of anilines is 1. The summed E-state index contributed by atoms with van der Waals surface area (Å²) in [6, 6.07) is 10.2. The smallest absolute Gasteiger partial charge is 0.364 e. The molecule has 1 spiro atoms. The van der Waals surface area contributed by atoms with Crippen molar-refractivity contribution >= 4 is 17.5 Å². The molecule has 7 rings (SSSR count). The van der Waals surface area contributed by atoms with Gasteiger partial charge in [-0.3, -0.25) is 14.5 Å². The van der Waals surface area contributed by atoms with Crippen molar-refractivity contribution in [2.75, 3.05) is 31.1 Å². The summed E-state index contributed by atoms with van der Waals surface area (Å²) in [4.78, 5) is 31.6. The molecular formula is C36H39F3N4O3. The third-order valence-electron chi connectivity index (χ3n) is 11.1. The fourth-order valence-electron chi connectivity index (χ4n) is 8.65. The minimum absolute atomic E-state index is 0.0189. The summed E-state index contributed by atoms with van der Waals surface area (Å²) in [5.41, 5.74) is 2.81. The molecule has 4 aliphatic rings. The van der Waals surface area contributed by atoms with E-state index in [1.54, 1.807) is 23.3 Å². The molecule has 1 aromatic heterocycles. The van der Waals surface area contributed by atoms with E-state index in [-0.39, 0.29) is 40.5 Å². The van der Waals surface area contributed by atoms with Gasteiger partial charge in [0.1, 0.15) is 6.26 Å². The van der Waals surface area contributed by atoms with Gasteiger partial charge in [-0.15, -0.1) is 0 Å². The molecule has 3 aromatic rings. The molecule has 0 bridgehead atoms. The summed E-state index contributed by atoms with van der Waals surface area (Å²) in [5, 5.41) is 4.33. The van der Waals surface area contributed by atoms with Crippen LogP contribution in [0.2, 0.25) is 0 Å². The van der Waals surface area contributed by atoms with Gasteiger partial charge in [-0.25, -0.2) is 0 Å². The number of rotatable bonds is 6. The molecule has 4 heterocycles. The quantitative estimate of drug-likeness (QED) is 0.273. The number of hydrogen-bond acceptors (Lipinski definition) is 5. The number of aromatic nitrogens is 1. The Balaban J connectivity index is 1.18. The van der Waals surface area contributed by atoms with E-state index in [0.717, 1.165) is 42.5 Å². The van der Waals surface area contributed by atoms with Crippen LogP contribution >= 0.6 is 0 Å². The molecule has 242 valence electrons. The van der Waals surface area contributed by atoms with Gasteiger partial charge in [0.25, 0.3) is 5.91 Å². The van der Waals surface area contributed by atoms with Crippen molar-refractivity contribution in [3.63, 3.8) is 0 Å². The van der Waals surface area contributed by atoms with Crippen molar-refractivity contribution in [1.82, 2.24) is 15.0 Å². The summed E-state index contributed by atoms with van der Waals surface area (Å²) >= 11 is 0. The predicted octanol–water partition coefficient (Wildman–Crippen LogP) is 7.05. The van der Waals surface area contributed by atoms with Gasteiger partial charge >= 0.3 is 6.18 Å². The predicted molar refractivity (Wildman–Crippen MR) is 167 cm³/mol. The van der Waals surface area contributed by atoms with Crippen molar-refractivity contribution in [2.45, 2.75) is 70.6 Å². The molecule has 0 N–H and O–H groups in total. The topological polar surface area (TPSA) is 69.9 Å². The Morgan fingerprint density at radius 2 is 1.91 bits per heavy atom. The highest BCUT2D eigenvalue weighted by atomic mass is 19.4. The summed E-state index contributed by atoms with van der Waals surface area (Å²) < 4.78 is 49.1. The number of amides is 2. The first-order chi connectivity index (χ1) is 21.8.